The van der Waals surface area contributed by atoms with E-state index >= 15 is 0 Å². The molecule has 1 saturated heterocycles. The molecule has 88 valence electrons. The van der Waals surface area contributed by atoms with Crippen LogP contribution in [0.15, 0.2) is 28.7 Å². The Balaban J connectivity index is 2.12. The van der Waals surface area contributed by atoms with Gasteiger partial charge in [-0.25, -0.2) is 0 Å². The molecule has 0 amide bonds. The fourth-order valence-electron chi connectivity index (χ4n) is 2.14. The Kier molecular flexibility index (Phi) is 3.97. The van der Waals surface area contributed by atoms with Crippen LogP contribution in [0.3, 0.4) is 0 Å². The van der Waals surface area contributed by atoms with Crippen molar-refractivity contribution in [3.63, 3.8) is 0 Å². The fraction of sp³-hybridized carbons (Fsp3) is 0.500. The number of nitrogens with two attached hydrogens (primary N) is 1. The van der Waals surface area contributed by atoms with E-state index in [-0.39, 0.29) is 6.04 Å². The SMILES string of the molecule is CN1CCNC(C(N)c2ccccc2Br)C1. The average Bonchev–Trinajstić information content (AvgIpc) is 2.29. The van der Waals surface area contributed by atoms with Crippen LogP contribution < -0.4 is 11.1 Å². The van der Waals surface area contributed by atoms with Gasteiger partial charge in [-0.3, -0.25) is 0 Å². The summed E-state index contributed by atoms with van der Waals surface area (Å²) in [6.07, 6.45) is 0. The highest BCUT2D eigenvalue weighted by Gasteiger charge is 2.24. The predicted octanol–water partition coefficient (Wildman–Crippen LogP) is 1.35. The summed E-state index contributed by atoms with van der Waals surface area (Å²) in [4.78, 5) is 2.32. The Labute approximate surface area is 105 Å². The Morgan fingerprint density at radius 3 is 2.94 bits per heavy atom. The molecule has 1 aliphatic rings. The Hall–Kier alpha value is -0.420. The van der Waals surface area contributed by atoms with E-state index in [9.17, 15) is 0 Å². The van der Waals surface area contributed by atoms with Crippen LogP contribution in [-0.4, -0.2) is 37.6 Å². The standard InChI is InChI=1S/C12H18BrN3/c1-16-7-6-15-11(8-16)12(14)9-4-2-3-5-10(9)13/h2-5,11-12,15H,6-8,14H2,1H3. The minimum atomic E-state index is 0.0401. The van der Waals surface area contributed by atoms with Crippen LogP contribution in [0.2, 0.25) is 0 Å². The number of benzene rings is 1. The summed E-state index contributed by atoms with van der Waals surface area (Å²) in [5.74, 6) is 0. The van der Waals surface area contributed by atoms with Crippen molar-refractivity contribution in [2.75, 3.05) is 26.7 Å². The lowest BCUT2D eigenvalue weighted by Gasteiger charge is -2.34. The summed E-state index contributed by atoms with van der Waals surface area (Å²) in [6.45, 7) is 3.11. The molecule has 2 atom stereocenters. The number of piperazine rings is 1. The molecule has 16 heavy (non-hydrogen) atoms. The molecule has 2 unspecified atom stereocenters. The highest BCUT2D eigenvalue weighted by atomic mass is 79.9. The second kappa shape index (κ2) is 5.27. The van der Waals surface area contributed by atoms with E-state index in [0.29, 0.717) is 6.04 Å². The van der Waals surface area contributed by atoms with Crippen LogP contribution in [0.1, 0.15) is 11.6 Å². The van der Waals surface area contributed by atoms with Crippen LogP contribution in [-0.2, 0) is 0 Å². The summed E-state index contributed by atoms with van der Waals surface area (Å²) in [6, 6.07) is 8.55. The smallest absolute Gasteiger partial charge is 0.0474 e. The van der Waals surface area contributed by atoms with Gasteiger partial charge in [-0.1, -0.05) is 34.1 Å². The summed E-state index contributed by atoms with van der Waals surface area (Å²) in [7, 11) is 2.14. The Morgan fingerprint density at radius 1 is 1.50 bits per heavy atom. The van der Waals surface area contributed by atoms with Gasteiger partial charge < -0.3 is 16.0 Å². The molecule has 4 heteroatoms. The van der Waals surface area contributed by atoms with Crippen LogP contribution in [0.4, 0.5) is 0 Å². The topological polar surface area (TPSA) is 41.3 Å². The van der Waals surface area contributed by atoms with Crippen molar-refractivity contribution in [3.05, 3.63) is 34.3 Å². The highest BCUT2D eigenvalue weighted by molar-refractivity contribution is 9.10. The highest BCUT2D eigenvalue weighted by Crippen LogP contribution is 2.24. The molecule has 2 rings (SSSR count). The molecular weight excluding hydrogens is 266 g/mol. The van der Waals surface area contributed by atoms with Crippen molar-refractivity contribution in [2.24, 2.45) is 5.73 Å². The van der Waals surface area contributed by atoms with Gasteiger partial charge in [0.15, 0.2) is 0 Å². The predicted molar refractivity (Wildman–Crippen MR) is 70.4 cm³/mol. The maximum absolute atomic E-state index is 6.31. The van der Waals surface area contributed by atoms with Gasteiger partial charge in [0.25, 0.3) is 0 Å². The van der Waals surface area contributed by atoms with Gasteiger partial charge in [0.2, 0.25) is 0 Å². The quantitative estimate of drug-likeness (QED) is 0.861. The van der Waals surface area contributed by atoms with Crippen LogP contribution in [0, 0.1) is 0 Å². The molecule has 0 aliphatic carbocycles. The van der Waals surface area contributed by atoms with E-state index in [1.807, 2.05) is 18.2 Å². The molecule has 1 aromatic rings. The van der Waals surface area contributed by atoms with Crippen molar-refractivity contribution in [2.45, 2.75) is 12.1 Å². The second-order valence-electron chi connectivity index (χ2n) is 4.37. The number of hydrogen-bond acceptors (Lipinski definition) is 3. The third-order valence-electron chi connectivity index (χ3n) is 3.11. The van der Waals surface area contributed by atoms with E-state index in [1.165, 1.54) is 5.56 Å². The molecular formula is C12H18BrN3. The second-order valence-corrected chi connectivity index (χ2v) is 5.22. The number of nitrogens with zero attached hydrogens (tertiary/aromatic N) is 1. The maximum atomic E-state index is 6.31. The zero-order valence-corrected chi connectivity index (χ0v) is 11.1. The third kappa shape index (κ3) is 2.63. The molecule has 0 saturated carbocycles. The number of likely N-dealkylation sites (N-methyl/N-ethyl adjacent to an activating group) is 1. The van der Waals surface area contributed by atoms with Crippen molar-refractivity contribution in [1.82, 2.24) is 10.2 Å². The Bertz CT molecular complexity index is 356. The lowest BCUT2D eigenvalue weighted by Crippen LogP contribution is -2.53. The van der Waals surface area contributed by atoms with E-state index in [2.05, 4.69) is 39.3 Å². The third-order valence-corrected chi connectivity index (χ3v) is 3.83. The largest absolute Gasteiger partial charge is 0.323 e. The normalized spacial score (nSPS) is 24.3. The van der Waals surface area contributed by atoms with E-state index in [0.717, 1.165) is 24.1 Å². The molecule has 1 fully saturated rings. The summed E-state index contributed by atoms with van der Waals surface area (Å²) in [5, 5.41) is 3.49. The van der Waals surface area contributed by atoms with Gasteiger partial charge in [-0.15, -0.1) is 0 Å². The van der Waals surface area contributed by atoms with Crippen molar-refractivity contribution >= 4 is 15.9 Å². The fourth-order valence-corrected chi connectivity index (χ4v) is 2.68. The molecule has 1 aromatic carbocycles. The molecule has 0 aromatic heterocycles. The van der Waals surface area contributed by atoms with E-state index < -0.39 is 0 Å². The van der Waals surface area contributed by atoms with Gasteiger partial charge >= 0.3 is 0 Å². The average molecular weight is 284 g/mol. The lowest BCUT2D eigenvalue weighted by atomic mass is 9.98. The minimum Gasteiger partial charge on any atom is -0.323 e. The maximum Gasteiger partial charge on any atom is 0.0474 e. The number of rotatable bonds is 2. The molecule has 3 N–H and O–H groups in total. The van der Waals surface area contributed by atoms with Gasteiger partial charge in [-0.05, 0) is 18.7 Å². The number of halogens is 1. The van der Waals surface area contributed by atoms with Crippen LogP contribution >= 0.6 is 15.9 Å². The first-order valence-corrected chi connectivity index (χ1v) is 6.39. The first kappa shape index (κ1) is 12.0. The van der Waals surface area contributed by atoms with E-state index in [4.69, 9.17) is 5.73 Å². The molecule has 3 nitrogen and oxygen atoms in total. The van der Waals surface area contributed by atoms with E-state index in [1.54, 1.807) is 0 Å². The minimum absolute atomic E-state index is 0.0401. The first-order chi connectivity index (χ1) is 7.68. The molecule has 0 bridgehead atoms. The van der Waals surface area contributed by atoms with Crippen LogP contribution in [0.5, 0.6) is 0 Å². The summed E-state index contributed by atoms with van der Waals surface area (Å²) >= 11 is 3.56. The van der Waals surface area contributed by atoms with Crippen molar-refractivity contribution in [3.8, 4) is 0 Å². The zero-order chi connectivity index (χ0) is 11.5. The monoisotopic (exact) mass is 283 g/mol. The Morgan fingerprint density at radius 2 is 2.25 bits per heavy atom. The summed E-state index contributed by atoms with van der Waals surface area (Å²) < 4.78 is 1.09. The van der Waals surface area contributed by atoms with Gasteiger partial charge in [0.1, 0.15) is 0 Å². The first-order valence-electron chi connectivity index (χ1n) is 5.60. The molecule has 0 radical (unpaired) electrons. The lowest BCUT2D eigenvalue weighted by molar-refractivity contribution is 0.219. The van der Waals surface area contributed by atoms with Gasteiger partial charge in [0, 0.05) is 36.2 Å². The van der Waals surface area contributed by atoms with Crippen molar-refractivity contribution < 1.29 is 0 Å². The molecule has 1 heterocycles. The van der Waals surface area contributed by atoms with Gasteiger partial charge in [0.05, 0.1) is 0 Å². The number of hydrogen-bond donors (Lipinski definition) is 2. The molecule has 1 aliphatic heterocycles. The number of nitrogens with one attached hydrogen (secondary N) is 1. The molecule has 0 spiro atoms. The van der Waals surface area contributed by atoms with Crippen LogP contribution in [0.25, 0.3) is 0 Å². The zero-order valence-electron chi connectivity index (χ0n) is 9.49. The summed E-state index contributed by atoms with van der Waals surface area (Å²) in [5.41, 5.74) is 7.49. The van der Waals surface area contributed by atoms with Gasteiger partial charge in [-0.2, -0.15) is 0 Å². The van der Waals surface area contributed by atoms with Crippen molar-refractivity contribution in [1.29, 1.82) is 0 Å².